The lowest BCUT2D eigenvalue weighted by Gasteiger charge is -2.10. The Morgan fingerprint density at radius 2 is 1.79 bits per heavy atom. The van der Waals surface area contributed by atoms with Gasteiger partial charge in [0, 0.05) is 19.0 Å². The van der Waals surface area contributed by atoms with Gasteiger partial charge in [0.15, 0.2) is 0 Å². The van der Waals surface area contributed by atoms with Crippen molar-refractivity contribution in [1.29, 1.82) is 0 Å². The number of nitrogens with zero attached hydrogens (tertiary/aromatic N) is 3. The number of anilines is 1. The molecule has 0 saturated heterocycles. The van der Waals surface area contributed by atoms with Crippen LogP contribution in [0.25, 0.3) is 11.3 Å². The molecule has 0 amide bonds. The van der Waals surface area contributed by atoms with Crippen LogP contribution < -0.4 is 14.8 Å². The molecule has 148 valence electrons. The number of benzene rings is 1. The number of aromatic nitrogens is 3. The maximum atomic E-state index is 5.48. The van der Waals surface area contributed by atoms with Crippen molar-refractivity contribution in [3.05, 3.63) is 47.3 Å². The van der Waals surface area contributed by atoms with Gasteiger partial charge in [-0.1, -0.05) is 31.1 Å². The van der Waals surface area contributed by atoms with Crippen molar-refractivity contribution in [2.45, 2.75) is 33.1 Å². The zero-order valence-corrected chi connectivity index (χ0v) is 16.8. The van der Waals surface area contributed by atoms with Crippen LogP contribution in [-0.4, -0.2) is 35.9 Å². The Labute approximate surface area is 165 Å². The molecule has 0 unspecified atom stereocenters. The van der Waals surface area contributed by atoms with Crippen LogP contribution in [0, 0.1) is 0 Å². The van der Waals surface area contributed by atoms with E-state index in [1.165, 1.54) is 5.56 Å². The summed E-state index contributed by atoms with van der Waals surface area (Å²) >= 11 is 0. The summed E-state index contributed by atoms with van der Waals surface area (Å²) in [4.78, 5) is 8.93. The largest absolute Gasteiger partial charge is 0.497 e. The highest BCUT2D eigenvalue weighted by Gasteiger charge is 2.18. The molecular weight excluding hydrogens is 356 g/mol. The van der Waals surface area contributed by atoms with E-state index in [1.54, 1.807) is 14.2 Å². The van der Waals surface area contributed by atoms with Crippen LogP contribution in [0.15, 0.2) is 34.9 Å². The summed E-state index contributed by atoms with van der Waals surface area (Å²) in [5.41, 5.74) is 3.80. The summed E-state index contributed by atoms with van der Waals surface area (Å²) in [7, 11) is 3.23. The monoisotopic (exact) mass is 382 g/mol. The van der Waals surface area contributed by atoms with E-state index in [0.717, 1.165) is 54.3 Å². The predicted molar refractivity (Wildman–Crippen MR) is 108 cm³/mol. The molecule has 0 fully saturated rings. The Morgan fingerprint density at radius 3 is 2.43 bits per heavy atom. The van der Waals surface area contributed by atoms with Gasteiger partial charge < -0.3 is 19.3 Å². The molecule has 7 heteroatoms. The third-order valence-electron chi connectivity index (χ3n) is 4.51. The molecule has 7 nitrogen and oxygen atoms in total. The van der Waals surface area contributed by atoms with Gasteiger partial charge in [-0.3, -0.25) is 0 Å². The second-order valence-corrected chi connectivity index (χ2v) is 6.28. The maximum absolute atomic E-state index is 5.48. The van der Waals surface area contributed by atoms with Gasteiger partial charge in [-0.25, -0.2) is 0 Å². The highest BCUT2D eigenvalue weighted by molar-refractivity contribution is 5.67. The first kappa shape index (κ1) is 19.7. The quantitative estimate of drug-likeness (QED) is 0.600. The van der Waals surface area contributed by atoms with Gasteiger partial charge >= 0.3 is 6.01 Å². The maximum Gasteiger partial charge on any atom is 0.318 e. The lowest BCUT2D eigenvalue weighted by atomic mass is 10.1. The van der Waals surface area contributed by atoms with Crippen LogP contribution in [0.2, 0.25) is 0 Å². The highest BCUT2D eigenvalue weighted by atomic mass is 16.5. The molecule has 1 aromatic carbocycles. The minimum atomic E-state index is 0.315. The van der Waals surface area contributed by atoms with E-state index in [-0.39, 0.29) is 0 Å². The van der Waals surface area contributed by atoms with Crippen molar-refractivity contribution in [3.63, 3.8) is 0 Å². The molecular formula is C21H26N4O3. The predicted octanol–water partition coefficient (Wildman–Crippen LogP) is 3.93. The molecule has 0 aliphatic carbocycles. The molecule has 0 radical (unpaired) electrons. The Bertz CT molecular complexity index is 885. The molecule has 0 saturated carbocycles. The second kappa shape index (κ2) is 9.21. The fourth-order valence-corrected chi connectivity index (χ4v) is 3.00. The first-order chi connectivity index (χ1) is 13.7. The van der Waals surface area contributed by atoms with Crippen molar-refractivity contribution < 1.29 is 14.0 Å². The molecule has 0 spiro atoms. The first-order valence-corrected chi connectivity index (χ1v) is 9.46. The van der Waals surface area contributed by atoms with Crippen LogP contribution in [0.4, 0.5) is 5.82 Å². The summed E-state index contributed by atoms with van der Waals surface area (Å²) in [6, 6.07) is 10.3. The summed E-state index contributed by atoms with van der Waals surface area (Å²) < 4.78 is 16.0. The van der Waals surface area contributed by atoms with Crippen LogP contribution in [0.1, 0.15) is 30.9 Å². The molecule has 2 aromatic heterocycles. The SMILES string of the molecule is CCc1noc(CC)c1-c1cc(NCCc2ccc(OC)cc2)nc(OC)n1. The molecule has 0 bridgehead atoms. The molecule has 0 atom stereocenters. The van der Waals surface area contributed by atoms with Crippen LogP contribution in [-0.2, 0) is 19.3 Å². The van der Waals surface area contributed by atoms with Crippen molar-refractivity contribution in [3.8, 4) is 23.0 Å². The molecule has 28 heavy (non-hydrogen) atoms. The fourth-order valence-electron chi connectivity index (χ4n) is 3.00. The minimum Gasteiger partial charge on any atom is -0.497 e. The van der Waals surface area contributed by atoms with Gasteiger partial charge in [-0.2, -0.15) is 9.97 Å². The molecule has 0 aliphatic rings. The number of hydrogen-bond acceptors (Lipinski definition) is 7. The van der Waals surface area contributed by atoms with Crippen LogP contribution >= 0.6 is 0 Å². The lowest BCUT2D eigenvalue weighted by Crippen LogP contribution is -2.08. The third kappa shape index (κ3) is 4.42. The van der Waals surface area contributed by atoms with Crippen molar-refractivity contribution >= 4 is 5.82 Å². The fraction of sp³-hybridized carbons (Fsp3) is 0.381. The van der Waals surface area contributed by atoms with Crippen molar-refractivity contribution in [2.75, 3.05) is 26.1 Å². The van der Waals surface area contributed by atoms with Crippen molar-refractivity contribution in [2.24, 2.45) is 0 Å². The number of rotatable bonds is 9. The van der Waals surface area contributed by atoms with E-state index >= 15 is 0 Å². The van der Waals surface area contributed by atoms with Gasteiger partial charge in [0.25, 0.3) is 0 Å². The Kier molecular flexibility index (Phi) is 6.47. The zero-order valence-electron chi connectivity index (χ0n) is 16.8. The number of nitrogens with one attached hydrogen (secondary N) is 1. The van der Waals surface area contributed by atoms with Gasteiger partial charge in [-0.15, -0.1) is 0 Å². The summed E-state index contributed by atoms with van der Waals surface area (Å²) in [5.74, 6) is 2.39. The topological polar surface area (TPSA) is 82.3 Å². The Morgan fingerprint density at radius 1 is 1.00 bits per heavy atom. The average molecular weight is 382 g/mol. The van der Waals surface area contributed by atoms with Gasteiger partial charge in [0.1, 0.15) is 17.3 Å². The van der Waals surface area contributed by atoms with E-state index < -0.39 is 0 Å². The Hall–Kier alpha value is -3.09. The smallest absolute Gasteiger partial charge is 0.318 e. The molecule has 2 heterocycles. The van der Waals surface area contributed by atoms with E-state index in [4.69, 9.17) is 14.0 Å². The van der Waals surface area contributed by atoms with Gasteiger partial charge in [0.2, 0.25) is 0 Å². The van der Waals surface area contributed by atoms with Gasteiger partial charge in [0.05, 0.1) is 31.2 Å². The van der Waals surface area contributed by atoms with E-state index in [0.29, 0.717) is 11.8 Å². The summed E-state index contributed by atoms with van der Waals surface area (Å²) in [6.45, 7) is 4.82. The molecule has 1 N–H and O–H groups in total. The standard InChI is InChI=1S/C21H26N4O3/c1-5-16-20(18(6-2)28-25-16)17-13-19(24-21(23-17)27-4)22-12-11-14-7-9-15(26-3)10-8-14/h7-10,13H,5-6,11-12H2,1-4H3,(H,22,23,24). The number of methoxy groups -OCH3 is 2. The zero-order chi connectivity index (χ0) is 19.9. The normalized spacial score (nSPS) is 10.7. The van der Waals surface area contributed by atoms with Crippen LogP contribution in [0.5, 0.6) is 11.8 Å². The third-order valence-corrected chi connectivity index (χ3v) is 4.51. The summed E-state index contributed by atoms with van der Waals surface area (Å²) in [5, 5.41) is 7.54. The average Bonchev–Trinajstić information content (AvgIpc) is 3.17. The second-order valence-electron chi connectivity index (χ2n) is 6.28. The van der Waals surface area contributed by atoms with E-state index in [1.807, 2.05) is 32.0 Å². The van der Waals surface area contributed by atoms with Crippen LogP contribution in [0.3, 0.4) is 0 Å². The van der Waals surface area contributed by atoms with E-state index in [2.05, 4.69) is 32.6 Å². The lowest BCUT2D eigenvalue weighted by molar-refractivity contribution is 0.379. The highest BCUT2D eigenvalue weighted by Crippen LogP contribution is 2.29. The molecule has 0 aliphatic heterocycles. The Balaban J connectivity index is 1.78. The molecule has 3 aromatic rings. The van der Waals surface area contributed by atoms with Crippen molar-refractivity contribution in [1.82, 2.24) is 15.1 Å². The first-order valence-electron chi connectivity index (χ1n) is 9.46. The van der Waals surface area contributed by atoms with E-state index in [9.17, 15) is 0 Å². The number of ether oxygens (including phenoxy) is 2. The van der Waals surface area contributed by atoms with Gasteiger partial charge in [-0.05, 0) is 30.5 Å². The number of aryl methyl sites for hydroxylation is 2. The number of hydrogen-bond donors (Lipinski definition) is 1. The molecule has 3 rings (SSSR count). The minimum absolute atomic E-state index is 0.315. The summed E-state index contributed by atoms with van der Waals surface area (Å²) in [6.07, 6.45) is 2.37.